The molecule has 2 heterocycles. The van der Waals surface area contributed by atoms with E-state index >= 15 is 0 Å². The third-order valence-electron chi connectivity index (χ3n) is 4.40. The topological polar surface area (TPSA) is 73.6 Å². The Labute approximate surface area is 157 Å². The van der Waals surface area contributed by atoms with E-state index in [0.29, 0.717) is 36.3 Å². The minimum Gasteiger partial charge on any atom is -0.486 e. The van der Waals surface area contributed by atoms with E-state index < -0.39 is 0 Å². The number of anilines is 1. The Morgan fingerprint density at radius 3 is 2.52 bits per heavy atom. The number of aromatic nitrogens is 1. The molecular weight excluding hydrogens is 344 g/mol. The Balaban J connectivity index is 1.40. The maximum atomic E-state index is 12.3. The van der Waals surface area contributed by atoms with Gasteiger partial charge in [-0.1, -0.05) is 42.4 Å². The lowest BCUT2D eigenvalue weighted by Crippen LogP contribution is -2.17. The molecule has 1 N–H and O–H groups in total. The van der Waals surface area contributed by atoms with E-state index in [4.69, 9.17) is 14.0 Å². The van der Waals surface area contributed by atoms with Crippen molar-refractivity contribution in [1.29, 1.82) is 0 Å². The van der Waals surface area contributed by atoms with Gasteiger partial charge in [-0.25, -0.2) is 0 Å². The molecule has 0 aliphatic carbocycles. The van der Waals surface area contributed by atoms with E-state index in [2.05, 4.69) is 29.5 Å². The molecule has 2 aromatic carbocycles. The van der Waals surface area contributed by atoms with Crippen LogP contribution in [0.3, 0.4) is 0 Å². The molecule has 3 aromatic rings. The van der Waals surface area contributed by atoms with Gasteiger partial charge in [0.25, 0.3) is 0 Å². The first-order valence-corrected chi connectivity index (χ1v) is 8.95. The Hall–Kier alpha value is -3.28. The van der Waals surface area contributed by atoms with Crippen LogP contribution in [0, 0.1) is 0 Å². The number of ether oxygens (including phenoxy) is 2. The van der Waals surface area contributed by atoms with E-state index in [1.807, 2.05) is 30.3 Å². The standard InChI is InChI=1S/C21H20N2O4/c1-2-14-3-6-16(7-4-14)17-13-21(27-23-17)22-20(24)12-15-5-8-18-19(11-15)26-10-9-25-18/h3-8,11,13H,2,9-10,12H2,1H3,(H,22,24). The molecule has 6 heteroatoms. The molecule has 0 atom stereocenters. The number of nitrogens with one attached hydrogen (secondary N) is 1. The van der Waals surface area contributed by atoms with Gasteiger partial charge >= 0.3 is 0 Å². The first-order chi connectivity index (χ1) is 13.2. The van der Waals surface area contributed by atoms with Crippen molar-refractivity contribution in [2.75, 3.05) is 18.5 Å². The number of carbonyl (C=O) groups excluding carboxylic acids is 1. The summed E-state index contributed by atoms with van der Waals surface area (Å²) < 4.78 is 16.3. The zero-order valence-corrected chi connectivity index (χ0v) is 15.0. The quantitative estimate of drug-likeness (QED) is 0.744. The van der Waals surface area contributed by atoms with Crippen molar-refractivity contribution in [1.82, 2.24) is 5.16 Å². The summed E-state index contributed by atoms with van der Waals surface area (Å²) in [7, 11) is 0. The number of benzene rings is 2. The third kappa shape index (κ3) is 3.95. The van der Waals surface area contributed by atoms with E-state index in [0.717, 1.165) is 17.5 Å². The second-order valence-electron chi connectivity index (χ2n) is 6.33. The maximum absolute atomic E-state index is 12.3. The van der Waals surface area contributed by atoms with E-state index in [1.54, 1.807) is 6.07 Å². The van der Waals surface area contributed by atoms with Crippen molar-refractivity contribution in [3.63, 3.8) is 0 Å². The fourth-order valence-electron chi connectivity index (χ4n) is 2.95. The molecule has 0 spiro atoms. The molecule has 1 aliphatic heterocycles. The summed E-state index contributed by atoms with van der Waals surface area (Å²) in [6.45, 7) is 3.17. The highest BCUT2D eigenvalue weighted by atomic mass is 16.6. The second kappa shape index (κ2) is 7.53. The van der Waals surface area contributed by atoms with Gasteiger partial charge in [-0.2, -0.15) is 0 Å². The van der Waals surface area contributed by atoms with Gasteiger partial charge in [-0.05, 0) is 29.7 Å². The molecule has 0 radical (unpaired) electrons. The maximum Gasteiger partial charge on any atom is 0.231 e. The predicted octanol–water partition coefficient (Wildman–Crippen LogP) is 3.86. The summed E-state index contributed by atoms with van der Waals surface area (Å²) in [5.74, 6) is 1.52. The molecule has 4 rings (SSSR count). The lowest BCUT2D eigenvalue weighted by atomic mass is 10.1. The Kier molecular flexibility index (Phi) is 4.78. The van der Waals surface area contributed by atoms with Crippen LogP contribution in [-0.2, 0) is 17.6 Å². The van der Waals surface area contributed by atoms with E-state index in [-0.39, 0.29) is 12.3 Å². The summed E-state index contributed by atoms with van der Waals surface area (Å²) in [5, 5.41) is 6.78. The van der Waals surface area contributed by atoms with Crippen LogP contribution < -0.4 is 14.8 Å². The minimum absolute atomic E-state index is 0.185. The van der Waals surface area contributed by atoms with Gasteiger partial charge in [-0.3, -0.25) is 10.1 Å². The fourth-order valence-corrected chi connectivity index (χ4v) is 2.95. The van der Waals surface area contributed by atoms with E-state index in [1.165, 1.54) is 5.56 Å². The van der Waals surface area contributed by atoms with Crippen LogP contribution in [0.15, 0.2) is 53.1 Å². The van der Waals surface area contributed by atoms with Crippen molar-refractivity contribution in [2.45, 2.75) is 19.8 Å². The first-order valence-electron chi connectivity index (χ1n) is 8.95. The molecule has 0 saturated carbocycles. The van der Waals surface area contributed by atoms with Gasteiger partial charge in [0, 0.05) is 11.6 Å². The van der Waals surface area contributed by atoms with Crippen LogP contribution >= 0.6 is 0 Å². The number of carbonyl (C=O) groups is 1. The molecule has 0 unspecified atom stereocenters. The minimum atomic E-state index is -0.185. The molecule has 138 valence electrons. The van der Waals surface area contributed by atoms with Crippen molar-refractivity contribution in [3.8, 4) is 22.8 Å². The number of fused-ring (bicyclic) bond motifs is 1. The van der Waals surface area contributed by atoms with Crippen LogP contribution in [0.2, 0.25) is 0 Å². The smallest absolute Gasteiger partial charge is 0.231 e. The lowest BCUT2D eigenvalue weighted by molar-refractivity contribution is -0.115. The third-order valence-corrected chi connectivity index (χ3v) is 4.40. The Morgan fingerprint density at radius 2 is 1.74 bits per heavy atom. The number of rotatable bonds is 5. The summed E-state index contributed by atoms with van der Waals surface area (Å²) in [5.41, 5.74) is 3.73. The molecule has 1 amide bonds. The van der Waals surface area contributed by atoms with Crippen LogP contribution in [0.4, 0.5) is 5.88 Å². The summed E-state index contributed by atoms with van der Waals surface area (Å²) in [6.07, 6.45) is 1.19. The average Bonchev–Trinajstić information content (AvgIpc) is 3.16. The summed E-state index contributed by atoms with van der Waals surface area (Å²) >= 11 is 0. The molecule has 6 nitrogen and oxygen atoms in total. The SMILES string of the molecule is CCc1ccc(-c2cc(NC(=O)Cc3ccc4c(c3)OCCO4)on2)cc1. The monoisotopic (exact) mass is 364 g/mol. The van der Waals surface area contributed by atoms with Gasteiger partial charge in [0.2, 0.25) is 11.8 Å². The van der Waals surface area contributed by atoms with Crippen LogP contribution in [-0.4, -0.2) is 24.3 Å². The number of hydrogen-bond acceptors (Lipinski definition) is 5. The number of nitrogens with zero attached hydrogens (tertiary/aromatic N) is 1. The van der Waals surface area contributed by atoms with Crippen LogP contribution in [0.1, 0.15) is 18.1 Å². The predicted molar refractivity (Wildman–Crippen MR) is 101 cm³/mol. The molecule has 0 saturated heterocycles. The van der Waals surface area contributed by atoms with Gasteiger partial charge in [0.05, 0.1) is 6.42 Å². The number of aryl methyl sites for hydroxylation is 1. The average molecular weight is 364 g/mol. The summed E-state index contributed by atoms with van der Waals surface area (Å²) in [4.78, 5) is 12.3. The van der Waals surface area contributed by atoms with Crippen molar-refractivity contribution in [3.05, 3.63) is 59.7 Å². The normalized spacial score (nSPS) is 12.6. The molecule has 1 aromatic heterocycles. The largest absolute Gasteiger partial charge is 0.486 e. The molecule has 0 fully saturated rings. The second-order valence-corrected chi connectivity index (χ2v) is 6.33. The fraction of sp³-hybridized carbons (Fsp3) is 0.238. The summed E-state index contributed by atoms with van der Waals surface area (Å²) in [6, 6.07) is 15.3. The molecule has 0 bridgehead atoms. The van der Waals surface area contributed by atoms with Crippen LogP contribution in [0.25, 0.3) is 11.3 Å². The van der Waals surface area contributed by atoms with Gasteiger partial charge in [0.1, 0.15) is 18.9 Å². The molecular formula is C21H20N2O4. The van der Waals surface area contributed by atoms with Crippen molar-refractivity contribution < 1.29 is 18.8 Å². The highest BCUT2D eigenvalue weighted by Gasteiger charge is 2.14. The molecule has 1 aliphatic rings. The first kappa shape index (κ1) is 17.1. The van der Waals surface area contributed by atoms with Gasteiger partial charge in [-0.15, -0.1) is 0 Å². The Morgan fingerprint density at radius 1 is 1.00 bits per heavy atom. The zero-order chi connectivity index (χ0) is 18.6. The highest BCUT2D eigenvalue weighted by Crippen LogP contribution is 2.31. The van der Waals surface area contributed by atoms with Crippen molar-refractivity contribution in [2.24, 2.45) is 0 Å². The van der Waals surface area contributed by atoms with Crippen molar-refractivity contribution >= 4 is 11.8 Å². The zero-order valence-electron chi connectivity index (χ0n) is 15.0. The lowest BCUT2D eigenvalue weighted by Gasteiger charge is -2.18. The van der Waals surface area contributed by atoms with Gasteiger partial charge in [0.15, 0.2) is 11.5 Å². The molecule has 27 heavy (non-hydrogen) atoms. The van der Waals surface area contributed by atoms with Crippen LogP contribution in [0.5, 0.6) is 11.5 Å². The number of hydrogen-bond donors (Lipinski definition) is 1. The number of amides is 1. The highest BCUT2D eigenvalue weighted by molar-refractivity contribution is 5.91. The van der Waals surface area contributed by atoms with Gasteiger partial charge < -0.3 is 14.0 Å². The Bertz CT molecular complexity index is 947. The van der Waals surface area contributed by atoms with E-state index in [9.17, 15) is 4.79 Å².